The van der Waals surface area contributed by atoms with Crippen LogP contribution in [0.2, 0.25) is 0 Å². The molecule has 0 radical (unpaired) electrons. The fourth-order valence-electron chi connectivity index (χ4n) is 3.34. The van der Waals surface area contributed by atoms with Crippen LogP contribution < -0.4 is 5.32 Å². The molecule has 1 unspecified atom stereocenters. The molecule has 5 rings (SSSR count). The van der Waals surface area contributed by atoms with Crippen molar-refractivity contribution >= 4 is 38.5 Å². The number of H-pyrrole nitrogens is 1. The van der Waals surface area contributed by atoms with Gasteiger partial charge in [-0.3, -0.25) is 0 Å². The molecule has 0 aliphatic heterocycles. The summed E-state index contributed by atoms with van der Waals surface area (Å²) in [6.45, 7) is 4.25. The second-order valence-corrected chi connectivity index (χ2v) is 8.08. The van der Waals surface area contributed by atoms with E-state index >= 15 is 0 Å². The van der Waals surface area contributed by atoms with E-state index < -0.39 is 0 Å². The molecule has 1 aliphatic carbocycles. The molecule has 1 fully saturated rings. The number of fused-ring (bicyclic) bond motifs is 2. The van der Waals surface area contributed by atoms with Crippen LogP contribution in [0, 0.1) is 12.8 Å². The van der Waals surface area contributed by atoms with E-state index in [1.54, 1.807) is 11.3 Å². The molecule has 0 bridgehead atoms. The predicted molar refractivity (Wildman–Crippen MR) is 103 cm³/mol. The average molecular weight is 349 g/mol. The minimum Gasteiger partial charge on any atom is -0.351 e. The summed E-state index contributed by atoms with van der Waals surface area (Å²) in [6, 6.07) is 6.83. The Morgan fingerprint density at radius 1 is 1.28 bits per heavy atom. The van der Waals surface area contributed by atoms with Gasteiger partial charge in [-0.1, -0.05) is 6.07 Å². The van der Waals surface area contributed by atoms with Gasteiger partial charge in [-0.2, -0.15) is 4.98 Å². The fourth-order valence-corrected chi connectivity index (χ4v) is 4.21. The van der Waals surface area contributed by atoms with E-state index in [-0.39, 0.29) is 0 Å². The lowest BCUT2D eigenvalue weighted by atomic mass is 10.1. The number of anilines is 1. The van der Waals surface area contributed by atoms with E-state index in [1.165, 1.54) is 17.5 Å². The number of nitrogens with zero attached hydrogens (tertiary/aromatic N) is 3. The highest BCUT2D eigenvalue weighted by Crippen LogP contribution is 2.34. The van der Waals surface area contributed by atoms with Crippen molar-refractivity contribution < 1.29 is 0 Å². The zero-order valence-corrected chi connectivity index (χ0v) is 15.0. The number of rotatable bonds is 4. The molecule has 4 aromatic rings. The molecule has 1 aromatic carbocycles. The minimum absolute atomic E-state index is 0.434. The van der Waals surface area contributed by atoms with Crippen molar-refractivity contribution in [2.75, 3.05) is 5.32 Å². The first-order valence-corrected chi connectivity index (χ1v) is 9.47. The summed E-state index contributed by atoms with van der Waals surface area (Å²) in [5, 5.41) is 5.56. The van der Waals surface area contributed by atoms with Gasteiger partial charge in [-0.25, -0.2) is 9.97 Å². The molecule has 0 saturated heterocycles. The highest BCUT2D eigenvalue weighted by atomic mass is 32.1. The second kappa shape index (κ2) is 5.52. The van der Waals surface area contributed by atoms with Crippen molar-refractivity contribution in [3.8, 4) is 11.1 Å². The molecular formula is C19H19N5S. The van der Waals surface area contributed by atoms with E-state index in [4.69, 9.17) is 0 Å². The van der Waals surface area contributed by atoms with Crippen LogP contribution in [0.5, 0.6) is 0 Å². The van der Waals surface area contributed by atoms with Crippen molar-refractivity contribution in [3.63, 3.8) is 0 Å². The number of aromatic amines is 1. The first-order chi connectivity index (χ1) is 12.2. The maximum atomic E-state index is 4.65. The standard InChI is InChI=1S/C19H19N5S/c1-10(12-3-4-12)22-19-21-9-15-14(8-20-18(15)24-19)13-5-6-16-17(7-13)25-11(2)23-16/h5-10,12H,3-4H2,1-2H3,(H2,20,21,22,24). The Balaban J connectivity index is 1.52. The first-order valence-electron chi connectivity index (χ1n) is 8.65. The van der Waals surface area contributed by atoms with E-state index in [2.05, 4.69) is 50.4 Å². The van der Waals surface area contributed by atoms with Gasteiger partial charge in [0.05, 0.1) is 15.2 Å². The smallest absolute Gasteiger partial charge is 0.224 e. The maximum Gasteiger partial charge on any atom is 0.224 e. The number of aromatic nitrogens is 4. The van der Waals surface area contributed by atoms with Crippen molar-refractivity contribution in [3.05, 3.63) is 35.6 Å². The number of aryl methyl sites for hydroxylation is 1. The van der Waals surface area contributed by atoms with E-state index in [0.29, 0.717) is 12.0 Å². The van der Waals surface area contributed by atoms with Crippen LogP contribution >= 0.6 is 11.3 Å². The van der Waals surface area contributed by atoms with Gasteiger partial charge in [0.25, 0.3) is 0 Å². The van der Waals surface area contributed by atoms with Crippen LogP contribution in [0.1, 0.15) is 24.8 Å². The molecule has 3 aromatic heterocycles. The van der Waals surface area contributed by atoms with E-state index in [1.807, 2.05) is 19.3 Å². The Morgan fingerprint density at radius 2 is 2.16 bits per heavy atom. The summed E-state index contributed by atoms with van der Waals surface area (Å²) in [4.78, 5) is 17.0. The second-order valence-electron chi connectivity index (χ2n) is 6.84. The Hall–Kier alpha value is -2.47. The van der Waals surface area contributed by atoms with Crippen LogP contribution in [-0.4, -0.2) is 26.0 Å². The molecule has 1 aliphatic rings. The third kappa shape index (κ3) is 2.66. The molecule has 1 atom stereocenters. The average Bonchev–Trinajstić information content (AvgIpc) is 3.27. The van der Waals surface area contributed by atoms with Gasteiger partial charge in [0.1, 0.15) is 5.65 Å². The summed E-state index contributed by atoms with van der Waals surface area (Å²) in [6.07, 6.45) is 6.55. The molecule has 3 heterocycles. The van der Waals surface area contributed by atoms with Crippen LogP contribution in [-0.2, 0) is 0 Å². The zero-order valence-electron chi connectivity index (χ0n) is 14.2. The number of benzene rings is 1. The lowest BCUT2D eigenvalue weighted by Gasteiger charge is -2.12. The number of hydrogen-bond donors (Lipinski definition) is 2. The van der Waals surface area contributed by atoms with Gasteiger partial charge in [0.15, 0.2) is 0 Å². The van der Waals surface area contributed by atoms with Gasteiger partial charge in [-0.05, 0) is 50.3 Å². The monoisotopic (exact) mass is 349 g/mol. The van der Waals surface area contributed by atoms with Crippen LogP contribution in [0.4, 0.5) is 5.95 Å². The molecule has 126 valence electrons. The van der Waals surface area contributed by atoms with Gasteiger partial charge in [0, 0.05) is 29.4 Å². The molecule has 0 amide bonds. The van der Waals surface area contributed by atoms with Crippen LogP contribution in [0.15, 0.2) is 30.6 Å². The lowest BCUT2D eigenvalue weighted by molar-refractivity contribution is 0.687. The molecular weight excluding hydrogens is 330 g/mol. The zero-order chi connectivity index (χ0) is 17.0. The molecule has 1 saturated carbocycles. The molecule has 0 spiro atoms. The number of hydrogen-bond acceptors (Lipinski definition) is 5. The highest BCUT2D eigenvalue weighted by Gasteiger charge is 2.28. The van der Waals surface area contributed by atoms with Gasteiger partial charge >= 0.3 is 0 Å². The summed E-state index contributed by atoms with van der Waals surface area (Å²) in [5.74, 6) is 1.47. The third-order valence-corrected chi connectivity index (χ3v) is 5.86. The minimum atomic E-state index is 0.434. The Labute approximate surface area is 149 Å². The molecule has 5 nitrogen and oxygen atoms in total. The fraction of sp³-hybridized carbons (Fsp3) is 0.316. The molecule has 6 heteroatoms. The number of thiazole rings is 1. The number of nitrogens with one attached hydrogen (secondary N) is 2. The Kier molecular flexibility index (Phi) is 3.28. The normalized spacial score (nSPS) is 15.8. The van der Waals surface area contributed by atoms with Gasteiger partial charge in [0.2, 0.25) is 5.95 Å². The van der Waals surface area contributed by atoms with Crippen molar-refractivity contribution in [2.24, 2.45) is 5.92 Å². The maximum absolute atomic E-state index is 4.65. The summed E-state index contributed by atoms with van der Waals surface area (Å²) in [7, 11) is 0. The van der Waals surface area contributed by atoms with Gasteiger partial charge < -0.3 is 10.3 Å². The van der Waals surface area contributed by atoms with Gasteiger partial charge in [-0.15, -0.1) is 11.3 Å². The highest BCUT2D eigenvalue weighted by molar-refractivity contribution is 7.18. The topological polar surface area (TPSA) is 66.5 Å². The van der Waals surface area contributed by atoms with Crippen molar-refractivity contribution in [1.29, 1.82) is 0 Å². The summed E-state index contributed by atoms with van der Waals surface area (Å²) in [5.41, 5.74) is 4.22. The SMILES string of the molecule is Cc1nc2ccc(-c3c[nH]c4nc(NC(C)C5CC5)ncc34)cc2s1. The Morgan fingerprint density at radius 3 is 3.00 bits per heavy atom. The predicted octanol–water partition coefficient (Wildman–Crippen LogP) is 4.75. The van der Waals surface area contributed by atoms with Crippen LogP contribution in [0.25, 0.3) is 32.4 Å². The van der Waals surface area contributed by atoms with Crippen LogP contribution in [0.3, 0.4) is 0 Å². The third-order valence-electron chi connectivity index (χ3n) is 4.92. The van der Waals surface area contributed by atoms with E-state index in [9.17, 15) is 0 Å². The summed E-state index contributed by atoms with van der Waals surface area (Å²) >= 11 is 1.72. The van der Waals surface area contributed by atoms with E-state index in [0.717, 1.165) is 38.6 Å². The Bertz CT molecular complexity index is 1080. The molecule has 25 heavy (non-hydrogen) atoms. The molecule has 2 N–H and O–H groups in total. The summed E-state index contributed by atoms with van der Waals surface area (Å²) < 4.78 is 1.21. The quantitative estimate of drug-likeness (QED) is 0.558. The van der Waals surface area contributed by atoms with Crippen molar-refractivity contribution in [2.45, 2.75) is 32.7 Å². The van der Waals surface area contributed by atoms with Crippen molar-refractivity contribution in [1.82, 2.24) is 19.9 Å². The lowest BCUT2D eigenvalue weighted by Crippen LogP contribution is -2.18. The largest absolute Gasteiger partial charge is 0.351 e. The first kappa shape index (κ1) is 14.8.